The third-order valence-electron chi connectivity index (χ3n) is 5.45. The summed E-state index contributed by atoms with van der Waals surface area (Å²) in [7, 11) is -1.25. The van der Waals surface area contributed by atoms with Gasteiger partial charge in [0, 0.05) is 38.5 Å². The molecule has 2 unspecified atom stereocenters. The molecule has 0 aromatic heterocycles. The third-order valence-corrected chi connectivity index (χ3v) is 7.16. The molecule has 2 N–H and O–H groups in total. The highest BCUT2D eigenvalue weighted by Gasteiger charge is 2.21. The van der Waals surface area contributed by atoms with Crippen LogP contribution < -0.4 is 10.1 Å². The van der Waals surface area contributed by atoms with Gasteiger partial charge in [-0.15, -0.1) is 0 Å². The van der Waals surface area contributed by atoms with E-state index in [0.717, 1.165) is 38.2 Å². The van der Waals surface area contributed by atoms with Crippen LogP contribution >= 0.6 is 23.2 Å². The van der Waals surface area contributed by atoms with Crippen LogP contribution in [0.25, 0.3) is 0 Å². The van der Waals surface area contributed by atoms with Crippen LogP contribution in [-0.4, -0.2) is 64.8 Å². The lowest BCUT2D eigenvalue weighted by molar-refractivity contribution is 0.0798. The van der Waals surface area contributed by atoms with Crippen molar-refractivity contribution in [2.75, 3.05) is 32.4 Å². The number of carbonyl (C=O) groups excluding carboxylic acids is 1. The van der Waals surface area contributed by atoms with Crippen molar-refractivity contribution in [1.82, 2.24) is 10.2 Å². The number of nitrogens with zero attached hydrogens (tertiary/aromatic N) is 1. The summed E-state index contributed by atoms with van der Waals surface area (Å²) in [6, 6.07) is 12.1. The number of hydrogen-bond acceptors (Lipinski definition) is 5. The third kappa shape index (κ3) is 7.18. The van der Waals surface area contributed by atoms with E-state index in [1.165, 1.54) is 0 Å². The molecule has 2 aromatic rings. The van der Waals surface area contributed by atoms with Crippen LogP contribution in [-0.2, 0) is 10.8 Å². The lowest BCUT2D eigenvalue weighted by Gasteiger charge is -2.32. The van der Waals surface area contributed by atoms with Gasteiger partial charge >= 0.3 is 0 Å². The second-order valence-corrected chi connectivity index (χ2v) is 10.0. The molecule has 2 atom stereocenters. The SMILES string of the molecule is CS(=O)c1ccccc1C(=O)NCC(O)CCN1CCC(Oc2ccc(Cl)c(Cl)c2)CC1. The highest BCUT2D eigenvalue weighted by molar-refractivity contribution is 7.84. The van der Waals surface area contributed by atoms with Crippen LogP contribution in [0, 0.1) is 0 Å². The van der Waals surface area contributed by atoms with Gasteiger partial charge in [0.2, 0.25) is 0 Å². The molecule has 0 radical (unpaired) electrons. The molecule has 1 aliphatic heterocycles. The number of nitrogens with one attached hydrogen (secondary N) is 1. The van der Waals surface area contributed by atoms with Gasteiger partial charge in [0.25, 0.3) is 5.91 Å². The van der Waals surface area contributed by atoms with Crippen LogP contribution in [0.1, 0.15) is 29.6 Å². The maximum Gasteiger partial charge on any atom is 0.252 e. The topological polar surface area (TPSA) is 78.9 Å². The minimum absolute atomic E-state index is 0.122. The van der Waals surface area contributed by atoms with E-state index < -0.39 is 16.9 Å². The van der Waals surface area contributed by atoms with Gasteiger partial charge in [0.05, 0.1) is 37.4 Å². The number of halogens is 2. The number of benzene rings is 2. The van der Waals surface area contributed by atoms with Crippen LogP contribution in [0.4, 0.5) is 0 Å². The normalized spacial score (nSPS) is 17.0. The summed E-state index contributed by atoms with van der Waals surface area (Å²) >= 11 is 12.0. The van der Waals surface area contributed by atoms with E-state index in [9.17, 15) is 14.1 Å². The molecule has 9 heteroatoms. The number of carbonyl (C=O) groups is 1. The Morgan fingerprint density at radius 1 is 1.22 bits per heavy atom. The molecule has 1 aliphatic rings. The summed E-state index contributed by atoms with van der Waals surface area (Å²) in [5.41, 5.74) is 0.379. The number of aliphatic hydroxyl groups is 1. The van der Waals surface area contributed by atoms with E-state index in [4.69, 9.17) is 27.9 Å². The molecule has 0 saturated carbocycles. The second-order valence-electron chi connectivity index (χ2n) is 7.84. The molecule has 6 nitrogen and oxygen atoms in total. The van der Waals surface area contributed by atoms with Gasteiger partial charge < -0.3 is 20.1 Å². The van der Waals surface area contributed by atoms with Crippen LogP contribution in [0.3, 0.4) is 0 Å². The zero-order valence-corrected chi connectivity index (χ0v) is 20.3. The lowest BCUT2D eigenvalue weighted by atomic mass is 10.1. The molecule has 0 aliphatic carbocycles. The highest BCUT2D eigenvalue weighted by atomic mass is 35.5. The van der Waals surface area contributed by atoms with Crippen LogP contribution in [0.2, 0.25) is 10.0 Å². The number of rotatable bonds is 9. The molecule has 0 spiro atoms. The highest BCUT2D eigenvalue weighted by Crippen LogP contribution is 2.28. The number of hydrogen-bond donors (Lipinski definition) is 2. The van der Waals surface area contributed by atoms with Crippen molar-refractivity contribution in [2.24, 2.45) is 0 Å². The van der Waals surface area contributed by atoms with Gasteiger partial charge in [-0.2, -0.15) is 0 Å². The van der Waals surface area contributed by atoms with Crippen molar-refractivity contribution in [2.45, 2.75) is 36.4 Å². The van der Waals surface area contributed by atoms with Crippen molar-refractivity contribution in [1.29, 1.82) is 0 Å². The van der Waals surface area contributed by atoms with E-state index in [1.54, 1.807) is 42.7 Å². The first kappa shape index (κ1) is 25.0. The number of likely N-dealkylation sites (tertiary alicyclic amines) is 1. The first-order chi connectivity index (χ1) is 15.3. The summed E-state index contributed by atoms with van der Waals surface area (Å²) in [4.78, 5) is 15.2. The average molecular weight is 499 g/mol. The number of piperidine rings is 1. The smallest absolute Gasteiger partial charge is 0.252 e. The summed E-state index contributed by atoms with van der Waals surface area (Å²) in [6.07, 6.45) is 3.34. The van der Waals surface area contributed by atoms with Crippen molar-refractivity contribution in [3.8, 4) is 5.75 Å². The minimum atomic E-state index is -1.25. The Bertz CT molecular complexity index is 951. The standard InChI is InChI=1S/C23H28Cl2N2O4S/c1-32(30)22-5-3-2-4-19(22)23(29)26-15-16(28)8-11-27-12-9-17(10-13-27)31-18-6-7-20(24)21(25)14-18/h2-7,14,16-17,28H,8-13,15H2,1H3,(H,26,29). The quantitative estimate of drug-likeness (QED) is 0.550. The summed E-state index contributed by atoms with van der Waals surface area (Å²) in [5.74, 6) is 0.396. The molecule has 174 valence electrons. The van der Waals surface area contributed by atoms with E-state index in [-0.39, 0.29) is 18.6 Å². The van der Waals surface area contributed by atoms with Gasteiger partial charge in [-0.05, 0) is 43.5 Å². The zero-order valence-electron chi connectivity index (χ0n) is 17.9. The van der Waals surface area contributed by atoms with E-state index in [2.05, 4.69) is 10.2 Å². The van der Waals surface area contributed by atoms with Gasteiger partial charge in [-0.3, -0.25) is 9.00 Å². The molecule has 1 amide bonds. The predicted molar refractivity (Wildman–Crippen MR) is 128 cm³/mol. The Hall–Kier alpha value is -1.64. The summed E-state index contributed by atoms with van der Waals surface area (Å²) in [6.45, 7) is 2.65. The molecule has 1 heterocycles. The molecule has 3 rings (SSSR count). The number of amides is 1. The monoisotopic (exact) mass is 498 g/mol. The molecule has 1 fully saturated rings. The largest absolute Gasteiger partial charge is 0.490 e. The molecule has 32 heavy (non-hydrogen) atoms. The molecule has 2 aromatic carbocycles. The van der Waals surface area contributed by atoms with E-state index in [0.29, 0.717) is 26.9 Å². The summed E-state index contributed by atoms with van der Waals surface area (Å²) in [5, 5.41) is 14.0. The number of aliphatic hydroxyl groups excluding tert-OH is 1. The van der Waals surface area contributed by atoms with Crippen LogP contribution in [0.5, 0.6) is 5.75 Å². The number of ether oxygens (including phenoxy) is 1. The fourth-order valence-electron chi connectivity index (χ4n) is 3.64. The first-order valence-corrected chi connectivity index (χ1v) is 12.9. The van der Waals surface area contributed by atoms with E-state index >= 15 is 0 Å². The van der Waals surface area contributed by atoms with E-state index in [1.807, 2.05) is 6.07 Å². The Labute approximate surface area is 201 Å². The van der Waals surface area contributed by atoms with Crippen molar-refractivity contribution < 1.29 is 18.8 Å². The second kappa shape index (κ2) is 12.0. The van der Waals surface area contributed by atoms with Gasteiger partial charge in [-0.25, -0.2) is 0 Å². The van der Waals surface area contributed by atoms with Gasteiger partial charge in [0.1, 0.15) is 11.9 Å². The van der Waals surface area contributed by atoms with Gasteiger partial charge in [0.15, 0.2) is 0 Å². The molecular weight excluding hydrogens is 471 g/mol. The lowest BCUT2D eigenvalue weighted by Crippen LogP contribution is -2.40. The maximum atomic E-state index is 12.4. The van der Waals surface area contributed by atoms with Crippen LogP contribution in [0.15, 0.2) is 47.4 Å². The van der Waals surface area contributed by atoms with Crippen molar-refractivity contribution in [3.63, 3.8) is 0 Å². The Kier molecular flexibility index (Phi) is 9.37. The summed E-state index contributed by atoms with van der Waals surface area (Å²) < 4.78 is 17.8. The fourth-order valence-corrected chi connectivity index (χ4v) is 4.67. The maximum absolute atomic E-state index is 12.4. The average Bonchev–Trinajstić information content (AvgIpc) is 2.79. The molecular formula is C23H28Cl2N2O4S. The van der Waals surface area contributed by atoms with Crippen molar-refractivity contribution >= 4 is 39.9 Å². The first-order valence-electron chi connectivity index (χ1n) is 10.6. The Balaban J connectivity index is 1.37. The Morgan fingerprint density at radius 3 is 2.62 bits per heavy atom. The Morgan fingerprint density at radius 2 is 1.94 bits per heavy atom. The predicted octanol–water partition coefficient (Wildman–Crippen LogP) is 3.76. The molecule has 1 saturated heterocycles. The van der Waals surface area contributed by atoms with Gasteiger partial charge in [-0.1, -0.05) is 35.3 Å². The minimum Gasteiger partial charge on any atom is -0.490 e. The fraction of sp³-hybridized carbons (Fsp3) is 0.435. The zero-order chi connectivity index (χ0) is 23.1. The molecule has 0 bridgehead atoms. The van der Waals surface area contributed by atoms with Crippen molar-refractivity contribution in [3.05, 3.63) is 58.1 Å².